The Morgan fingerprint density at radius 1 is 1.26 bits per heavy atom. The van der Waals surface area contributed by atoms with Gasteiger partial charge < -0.3 is 30.4 Å². The monoisotopic (exact) mass is 541 g/mol. The molecule has 0 unspecified atom stereocenters. The van der Waals surface area contributed by atoms with E-state index < -0.39 is 35.3 Å². The maximum atomic E-state index is 14.0. The van der Waals surface area contributed by atoms with E-state index in [1.807, 2.05) is 34.6 Å². The number of carbonyl (C=O) groups is 3. The van der Waals surface area contributed by atoms with E-state index in [1.54, 1.807) is 17.2 Å². The number of ketones is 1. The van der Waals surface area contributed by atoms with Gasteiger partial charge in [0, 0.05) is 24.3 Å². The highest BCUT2D eigenvalue weighted by Crippen LogP contribution is 2.49. The van der Waals surface area contributed by atoms with E-state index in [1.165, 1.54) is 13.1 Å². The maximum absolute atomic E-state index is 14.0. The average molecular weight is 542 g/mol. The molecule has 2 saturated heterocycles. The van der Waals surface area contributed by atoms with E-state index in [0.29, 0.717) is 23.9 Å². The van der Waals surface area contributed by atoms with Crippen LogP contribution in [0, 0.1) is 22.7 Å². The zero-order valence-corrected chi connectivity index (χ0v) is 24.0. The highest BCUT2D eigenvalue weighted by atomic mass is 16.6. The molecule has 1 aliphatic carbocycles. The standard InChI is InChI=1S/C29H43N5O5/c1-17-22-16-34(24(17)18(2)35)26(36)25(28(3,4)5)33-27(37)39-29(6)14-19(29)10-8-7-9-11-20-21(38-22)15-31-23(32-20)12-13-30/h12-13,15,17,19,22,24-25,30-31H,7-11,14,16H2,1-6H3,(H,33,37)/b23-12+,30-13?/t17-,19-,22+,24+,25-,29-/m1/s1. The Kier molecular flexibility index (Phi) is 8.23. The number of nitrogens with one attached hydrogen (secondary N) is 3. The third-order valence-corrected chi connectivity index (χ3v) is 8.43. The van der Waals surface area contributed by atoms with Crippen molar-refractivity contribution in [1.82, 2.24) is 15.5 Å². The number of nitrogens with zero attached hydrogens (tertiary/aromatic N) is 2. The largest absolute Gasteiger partial charge is 0.485 e. The van der Waals surface area contributed by atoms with Gasteiger partial charge in [0.1, 0.15) is 23.6 Å². The van der Waals surface area contributed by atoms with Gasteiger partial charge in [0.25, 0.3) is 0 Å². The average Bonchev–Trinajstić information content (AvgIpc) is 3.35. The summed E-state index contributed by atoms with van der Waals surface area (Å²) < 4.78 is 12.3. The minimum Gasteiger partial charge on any atom is -0.485 e. The van der Waals surface area contributed by atoms with Crippen LogP contribution >= 0.6 is 0 Å². The number of Topliss-reactive ketones (excluding diaryl/α,β-unsaturated/α-hetero) is 1. The number of alkyl carbamates (subject to hydrolysis) is 1. The van der Waals surface area contributed by atoms with E-state index in [4.69, 9.17) is 19.9 Å². The second-order valence-corrected chi connectivity index (χ2v) is 12.6. The summed E-state index contributed by atoms with van der Waals surface area (Å²) in [6, 6.07) is -1.55. The molecule has 10 nitrogen and oxygen atoms in total. The lowest BCUT2D eigenvalue weighted by Gasteiger charge is -2.35. The molecule has 3 heterocycles. The number of aliphatic imine (C=N–C) groups is 1. The molecule has 4 rings (SSSR count). The van der Waals surface area contributed by atoms with Crippen molar-refractivity contribution in [3.8, 4) is 0 Å². The Bertz CT molecular complexity index is 1110. The molecule has 2 amide bonds. The van der Waals surface area contributed by atoms with Crippen LogP contribution in [0.15, 0.2) is 28.8 Å². The number of carbonyl (C=O) groups excluding carboxylic acids is 3. The smallest absolute Gasteiger partial charge is 0.408 e. The van der Waals surface area contributed by atoms with Crippen LogP contribution in [-0.2, 0) is 19.1 Å². The molecule has 2 bridgehead atoms. The zero-order valence-electron chi connectivity index (χ0n) is 24.0. The Morgan fingerprint density at radius 3 is 2.67 bits per heavy atom. The summed E-state index contributed by atoms with van der Waals surface area (Å²) in [6.45, 7) is 11.2. The number of hydrogen-bond donors (Lipinski definition) is 3. The zero-order chi connectivity index (χ0) is 28.5. The SMILES string of the molecule is CC(=O)[C@@H]1[C@H](C)[C@@H]2CN1C(=O)[C@H](C(C)(C)C)NC(=O)O[C@]1(C)C[C@H]1CCCCCC1=N/C(=C/C=N)NC=C1O2. The Hall–Kier alpha value is -3.17. The van der Waals surface area contributed by atoms with Gasteiger partial charge in [-0.05, 0) is 51.0 Å². The van der Waals surface area contributed by atoms with Crippen LogP contribution < -0.4 is 10.6 Å². The molecular weight excluding hydrogens is 498 g/mol. The van der Waals surface area contributed by atoms with Gasteiger partial charge in [-0.15, -0.1) is 0 Å². The van der Waals surface area contributed by atoms with E-state index in [2.05, 4.69) is 10.6 Å². The van der Waals surface area contributed by atoms with Crippen LogP contribution in [-0.4, -0.2) is 64.9 Å². The van der Waals surface area contributed by atoms with Gasteiger partial charge >= 0.3 is 6.09 Å². The fourth-order valence-electron chi connectivity index (χ4n) is 5.98. The lowest BCUT2D eigenvalue weighted by molar-refractivity contribution is -0.141. The number of allylic oxidation sites excluding steroid dienone is 2. The van der Waals surface area contributed by atoms with Crippen molar-refractivity contribution in [3.05, 3.63) is 23.9 Å². The first kappa shape index (κ1) is 28.8. The van der Waals surface area contributed by atoms with Crippen LogP contribution in [0.3, 0.4) is 0 Å². The number of rotatable bonds is 2. The predicted molar refractivity (Wildman–Crippen MR) is 148 cm³/mol. The summed E-state index contributed by atoms with van der Waals surface area (Å²) >= 11 is 0. The number of amides is 2. The molecule has 6 atom stereocenters. The van der Waals surface area contributed by atoms with E-state index in [-0.39, 0.29) is 24.2 Å². The molecular formula is C29H43N5O5. The Morgan fingerprint density at radius 2 is 2.00 bits per heavy atom. The Balaban J connectivity index is 1.66. The minimum absolute atomic E-state index is 0.128. The molecule has 3 N–H and O–H groups in total. The number of fused-ring (bicyclic) bond motifs is 4. The second kappa shape index (κ2) is 11.1. The molecule has 0 spiro atoms. The first-order valence-corrected chi connectivity index (χ1v) is 14.1. The molecule has 0 aromatic rings. The van der Waals surface area contributed by atoms with Gasteiger partial charge in [-0.2, -0.15) is 0 Å². The fourth-order valence-corrected chi connectivity index (χ4v) is 5.98. The summed E-state index contributed by atoms with van der Waals surface area (Å²) in [4.78, 5) is 46.1. The molecule has 4 aliphatic rings. The first-order valence-electron chi connectivity index (χ1n) is 14.1. The summed E-state index contributed by atoms with van der Waals surface area (Å²) in [5.41, 5.74) is -0.345. The third kappa shape index (κ3) is 6.36. The van der Waals surface area contributed by atoms with Crippen molar-refractivity contribution in [2.45, 2.75) is 104 Å². The summed E-state index contributed by atoms with van der Waals surface area (Å²) in [5.74, 6) is 0.741. The topological polar surface area (TPSA) is 133 Å². The van der Waals surface area contributed by atoms with Crippen LogP contribution in [0.2, 0.25) is 0 Å². The van der Waals surface area contributed by atoms with Gasteiger partial charge in [0.15, 0.2) is 11.5 Å². The van der Waals surface area contributed by atoms with Crippen molar-refractivity contribution in [3.63, 3.8) is 0 Å². The van der Waals surface area contributed by atoms with E-state index in [0.717, 1.165) is 37.8 Å². The van der Waals surface area contributed by atoms with Gasteiger partial charge in [0.05, 0.1) is 18.3 Å². The van der Waals surface area contributed by atoms with E-state index in [9.17, 15) is 14.4 Å². The van der Waals surface area contributed by atoms with Crippen molar-refractivity contribution in [2.75, 3.05) is 6.54 Å². The first-order chi connectivity index (χ1) is 18.3. The van der Waals surface area contributed by atoms with Gasteiger partial charge in [-0.25, -0.2) is 9.79 Å². The predicted octanol–water partition coefficient (Wildman–Crippen LogP) is 4.07. The molecule has 214 valence electrons. The molecule has 3 fully saturated rings. The lowest BCUT2D eigenvalue weighted by Crippen LogP contribution is -2.57. The van der Waals surface area contributed by atoms with Gasteiger partial charge in [-0.3, -0.25) is 9.59 Å². The number of ether oxygens (including phenoxy) is 2. The minimum atomic E-state index is -0.876. The molecule has 39 heavy (non-hydrogen) atoms. The van der Waals surface area contributed by atoms with Crippen molar-refractivity contribution in [2.24, 2.45) is 22.2 Å². The molecule has 10 heteroatoms. The van der Waals surface area contributed by atoms with Crippen molar-refractivity contribution >= 4 is 29.7 Å². The van der Waals surface area contributed by atoms with Gasteiger partial charge in [0.2, 0.25) is 5.91 Å². The summed E-state index contributed by atoms with van der Waals surface area (Å²) in [6.07, 6.45) is 8.90. The van der Waals surface area contributed by atoms with Crippen molar-refractivity contribution < 1.29 is 23.9 Å². The maximum Gasteiger partial charge on any atom is 0.408 e. The molecule has 3 aliphatic heterocycles. The number of hydrogen-bond acceptors (Lipinski definition) is 8. The van der Waals surface area contributed by atoms with Crippen molar-refractivity contribution in [1.29, 1.82) is 5.41 Å². The van der Waals surface area contributed by atoms with Crippen LogP contribution in [0.4, 0.5) is 4.79 Å². The molecule has 0 aromatic heterocycles. The quantitative estimate of drug-likeness (QED) is 0.452. The highest BCUT2D eigenvalue weighted by Gasteiger charge is 2.54. The lowest BCUT2D eigenvalue weighted by atomic mass is 9.85. The molecule has 1 saturated carbocycles. The Labute approximate surface area is 231 Å². The summed E-state index contributed by atoms with van der Waals surface area (Å²) in [5, 5.41) is 13.3. The molecule has 0 aromatic carbocycles. The highest BCUT2D eigenvalue weighted by molar-refractivity contribution is 6.00. The van der Waals surface area contributed by atoms with Crippen LogP contribution in [0.5, 0.6) is 0 Å². The fraction of sp³-hybridized carbons (Fsp3) is 0.690. The van der Waals surface area contributed by atoms with E-state index >= 15 is 0 Å². The molecule has 0 radical (unpaired) electrons. The normalized spacial score (nSPS) is 35.0. The van der Waals surface area contributed by atoms with Crippen LogP contribution in [0.25, 0.3) is 0 Å². The second-order valence-electron chi connectivity index (χ2n) is 12.6. The van der Waals surface area contributed by atoms with Gasteiger partial charge in [-0.1, -0.05) is 40.5 Å². The summed E-state index contributed by atoms with van der Waals surface area (Å²) in [7, 11) is 0. The van der Waals surface area contributed by atoms with Crippen LogP contribution in [0.1, 0.15) is 80.1 Å². The third-order valence-electron chi connectivity index (χ3n) is 8.43.